The molecule has 0 saturated heterocycles. The molecule has 0 radical (unpaired) electrons. The van der Waals surface area contributed by atoms with Crippen LogP contribution in [0.2, 0.25) is 5.02 Å². The van der Waals surface area contributed by atoms with Gasteiger partial charge in [0, 0.05) is 5.02 Å². The van der Waals surface area contributed by atoms with E-state index >= 15 is 0 Å². The van der Waals surface area contributed by atoms with Crippen LogP contribution in [0.5, 0.6) is 5.75 Å². The zero-order valence-corrected chi connectivity index (χ0v) is 14.0. The number of alkyl halides is 1. The lowest BCUT2D eigenvalue weighted by Gasteiger charge is -2.34. The van der Waals surface area contributed by atoms with Gasteiger partial charge in [0.05, 0.1) is 12.6 Å². The number of nitrogens with one attached hydrogen (secondary N) is 1. The first-order valence-corrected chi connectivity index (χ1v) is 8.33. The normalized spacial score (nSPS) is 27.0. The average molecular weight is 360 g/mol. The molecular weight excluding hydrogens is 337 g/mol. The molecule has 2 rings (SSSR count). The molecule has 5 nitrogen and oxygen atoms in total. The maximum absolute atomic E-state index is 12.8. The SMILES string of the molecule is O[C@@H]1[C@@H](O)[C@@H](O)C(CF)=C[C@H]1NCCCCOc1ccc(Cl)cc1. The van der Waals surface area contributed by atoms with Crippen LogP contribution in [0, 0.1) is 0 Å². The number of aliphatic hydroxyl groups is 3. The van der Waals surface area contributed by atoms with Crippen molar-refractivity contribution in [3.8, 4) is 5.75 Å². The molecule has 0 saturated carbocycles. The Bertz CT molecular complexity index is 540. The molecule has 1 aromatic carbocycles. The van der Waals surface area contributed by atoms with Crippen molar-refractivity contribution >= 4 is 11.6 Å². The molecule has 1 aliphatic carbocycles. The van der Waals surface area contributed by atoms with E-state index in [1.165, 1.54) is 6.08 Å². The van der Waals surface area contributed by atoms with Gasteiger partial charge in [-0.15, -0.1) is 0 Å². The van der Waals surface area contributed by atoms with Gasteiger partial charge in [0.2, 0.25) is 0 Å². The van der Waals surface area contributed by atoms with E-state index in [4.69, 9.17) is 16.3 Å². The first-order valence-electron chi connectivity index (χ1n) is 7.95. The Morgan fingerprint density at radius 1 is 1.08 bits per heavy atom. The van der Waals surface area contributed by atoms with Gasteiger partial charge in [0.1, 0.15) is 30.7 Å². The molecule has 0 aromatic heterocycles. The van der Waals surface area contributed by atoms with Crippen molar-refractivity contribution in [3.63, 3.8) is 0 Å². The molecule has 0 bridgehead atoms. The lowest BCUT2D eigenvalue weighted by Crippen LogP contribution is -2.54. The molecule has 134 valence electrons. The fourth-order valence-corrected chi connectivity index (χ4v) is 2.69. The second-order valence-corrected chi connectivity index (χ2v) is 6.23. The van der Waals surface area contributed by atoms with Crippen LogP contribution >= 0.6 is 11.6 Å². The van der Waals surface area contributed by atoms with Crippen LogP contribution in [-0.4, -0.2) is 59.5 Å². The number of aliphatic hydroxyl groups excluding tert-OH is 3. The highest BCUT2D eigenvalue weighted by atomic mass is 35.5. The lowest BCUT2D eigenvalue weighted by atomic mass is 9.88. The Hall–Kier alpha value is -1.18. The first-order chi connectivity index (χ1) is 11.5. The van der Waals surface area contributed by atoms with Crippen LogP contribution in [0.15, 0.2) is 35.9 Å². The molecule has 0 unspecified atom stereocenters. The highest BCUT2D eigenvalue weighted by molar-refractivity contribution is 6.30. The van der Waals surface area contributed by atoms with E-state index in [1.54, 1.807) is 24.3 Å². The number of hydrogen-bond acceptors (Lipinski definition) is 5. The van der Waals surface area contributed by atoms with Gasteiger partial charge in [-0.3, -0.25) is 0 Å². The molecule has 1 aromatic rings. The van der Waals surface area contributed by atoms with Crippen LogP contribution in [0.25, 0.3) is 0 Å². The lowest BCUT2D eigenvalue weighted by molar-refractivity contribution is -0.0628. The minimum atomic E-state index is -1.38. The summed E-state index contributed by atoms with van der Waals surface area (Å²) in [6, 6.07) is 6.55. The average Bonchev–Trinajstić information content (AvgIpc) is 2.59. The van der Waals surface area contributed by atoms with E-state index in [2.05, 4.69) is 5.32 Å². The second-order valence-electron chi connectivity index (χ2n) is 5.79. The van der Waals surface area contributed by atoms with E-state index < -0.39 is 31.0 Å². The largest absolute Gasteiger partial charge is 0.494 e. The molecule has 0 amide bonds. The molecule has 0 heterocycles. The summed E-state index contributed by atoms with van der Waals surface area (Å²) in [7, 11) is 0. The summed E-state index contributed by atoms with van der Waals surface area (Å²) < 4.78 is 18.4. The van der Waals surface area contributed by atoms with Crippen LogP contribution in [0.4, 0.5) is 4.39 Å². The van der Waals surface area contributed by atoms with Gasteiger partial charge in [-0.2, -0.15) is 0 Å². The van der Waals surface area contributed by atoms with Crippen LogP contribution < -0.4 is 10.1 Å². The predicted molar refractivity (Wildman–Crippen MR) is 90.1 cm³/mol. The van der Waals surface area contributed by atoms with Crippen molar-refractivity contribution in [1.29, 1.82) is 0 Å². The number of ether oxygens (including phenoxy) is 1. The zero-order chi connectivity index (χ0) is 17.5. The smallest absolute Gasteiger partial charge is 0.119 e. The van der Waals surface area contributed by atoms with Gasteiger partial charge < -0.3 is 25.4 Å². The molecule has 0 spiro atoms. The monoisotopic (exact) mass is 359 g/mol. The van der Waals surface area contributed by atoms with Gasteiger partial charge in [-0.1, -0.05) is 17.7 Å². The van der Waals surface area contributed by atoms with E-state index in [0.29, 0.717) is 18.2 Å². The summed E-state index contributed by atoms with van der Waals surface area (Å²) in [6.07, 6.45) is -0.868. The molecule has 0 fully saturated rings. The van der Waals surface area contributed by atoms with E-state index in [0.717, 1.165) is 18.6 Å². The van der Waals surface area contributed by atoms with Crippen molar-refractivity contribution in [2.45, 2.75) is 37.2 Å². The highest BCUT2D eigenvalue weighted by Gasteiger charge is 2.36. The Labute approximate surface area is 145 Å². The molecular formula is C17H23ClFNO4. The molecule has 1 aliphatic rings. The summed E-state index contributed by atoms with van der Waals surface area (Å²) in [5, 5.41) is 33.0. The van der Waals surface area contributed by atoms with Gasteiger partial charge in [0.15, 0.2) is 0 Å². The maximum atomic E-state index is 12.8. The van der Waals surface area contributed by atoms with E-state index in [9.17, 15) is 19.7 Å². The summed E-state index contributed by atoms with van der Waals surface area (Å²) in [4.78, 5) is 0. The third-order valence-electron chi connectivity index (χ3n) is 4.00. The topological polar surface area (TPSA) is 82.0 Å². The van der Waals surface area contributed by atoms with Crippen LogP contribution in [0.1, 0.15) is 12.8 Å². The third-order valence-corrected chi connectivity index (χ3v) is 4.25. The quantitative estimate of drug-likeness (QED) is 0.417. The minimum absolute atomic E-state index is 0.0939. The first kappa shape index (κ1) is 19.1. The zero-order valence-electron chi connectivity index (χ0n) is 13.2. The highest BCUT2D eigenvalue weighted by Crippen LogP contribution is 2.21. The predicted octanol–water partition coefficient (Wildman–Crippen LogP) is 1.45. The molecule has 24 heavy (non-hydrogen) atoms. The van der Waals surface area contributed by atoms with Crippen molar-refractivity contribution in [2.24, 2.45) is 0 Å². The van der Waals surface area contributed by atoms with Gasteiger partial charge in [-0.05, 0) is 49.2 Å². The van der Waals surface area contributed by atoms with Gasteiger partial charge >= 0.3 is 0 Å². The Morgan fingerprint density at radius 2 is 1.79 bits per heavy atom. The number of halogens is 2. The Kier molecular flexibility index (Phi) is 7.45. The summed E-state index contributed by atoms with van der Waals surface area (Å²) in [6.45, 7) is 0.270. The maximum Gasteiger partial charge on any atom is 0.119 e. The van der Waals surface area contributed by atoms with Gasteiger partial charge in [0.25, 0.3) is 0 Å². The summed E-state index contributed by atoms with van der Waals surface area (Å²) in [5.74, 6) is 0.752. The Morgan fingerprint density at radius 3 is 2.46 bits per heavy atom. The second kappa shape index (κ2) is 9.34. The van der Waals surface area contributed by atoms with E-state index in [1.807, 2.05) is 0 Å². The molecule has 4 N–H and O–H groups in total. The Balaban J connectivity index is 1.68. The number of benzene rings is 1. The van der Waals surface area contributed by atoms with Crippen LogP contribution in [-0.2, 0) is 0 Å². The number of hydrogen-bond donors (Lipinski definition) is 4. The van der Waals surface area contributed by atoms with Gasteiger partial charge in [-0.25, -0.2) is 4.39 Å². The van der Waals surface area contributed by atoms with E-state index in [-0.39, 0.29) is 5.57 Å². The van der Waals surface area contributed by atoms with Crippen molar-refractivity contribution in [2.75, 3.05) is 19.8 Å². The van der Waals surface area contributed by atoms with Crippen molar-refractivity contribution in [1.82, 2.24) is 5.32 Å². The number of unbranched alkanes of at least 4 members (excludes halogenated alkanes) is 1. The molecule has 7 heteroatoms. The minimum Gasteiger partial charge on any atom is -0.494 e. The fraction of sp³-hybridized carbons (Fsp3) is 0.529. The summed E-state index contributed by atoms with van der Waals surface area (Å²) in [5.41, 5.74) is 0.0939. The standard InChI is InChI=1S/C17H23ClFNO4/c18-12-3-5-13(6-4-12)24-8-2-1-7-20-14-9-11(10-19)15(21)17(23)16(14)22/h3-6,9,14-17,20-23H,1-2,7-8,10H2/t14-,15+,16+,17+/m1/s1. The molecule has 4 atom stereocenters. The molecule has 0 aliphatic heterocycles. The third kappa shape index (κ3) is 5.16. The van der Waals surface area contributed by atoms with Crippen molar-refractivity contribution in [3.05, 3.63) is 40.9 Å². The van der Waals surface area contributed by atoms with Crippen molar-refractivity contribution < 1.29 is 24.4 Å². The fourth-order valence-electron chi connectivity index (χ4n) is 2.57. The summed E-state index contributed by atoms with van der Waals surface area (Å²) >= 11 is 5.79. The van der Waals surface area contributed by atoms with Crippen LogP contribution in [0.3, 0.4) is 0 Å². The number of rotatable bonds is 8.